The van der Waals surface area contributed by atoms with Crippen molar-refractivity contribution in [2.45, 2.75) is 39.0 Å². The van der Waals surface area contributed by atoms with Crippen molar-refractivity contribution < 1.29 is 9.53 Å². The fourth-order valence-electron chi connectivity index (χ4n) is 6.12. The van der Waals surface area contributed by atoms with Gasteiger partial charge < -0.3 is 4.74 Å². The normalized spacial score (nSPS) is 45.1. The molecule has 0 N–H and O–H groups in total. The molecule has 0 saturated heterocycles. The maximum absolute atomic E-state index is 11.4. The Morgan fingerprint density at radius 2 is 1.95 bits per heavy atom. The van der Waals surface area contributed by atoms with Gasteiger partial charge in [0.05, 0.1) is 6.61 Å². The Kier molecular flexibility index (Phi) is 3.24. The molecule has 21 heavy (non-hydrogen) atoms. The van der Waals surface area contributed by atoms with Gasteiger partial charge in [-0.1, -0.05) is 18.7 Å². The van der Waals surface area contributed by atoms with Crippen molar-refractivity contribution in [1.82, 2.24) is 0 Å². The molecule has 2 heteroatoms. The molecule has 4 aliphatic carbocycles. The molecule has 0 aliphatic heterocycles. The fourth-order valence-corrected chi connectivity index (χ4v) is 6.12. The van der Waals surface area contributed by atoms with E-state index < -0.39 is 0 Å². The maximum Gasteiger partial charge on any atom is 0.333 e. The van der Waals surface area contributed by atoms with Gasteiger partial charge in [-0.05, 0) is 80.5 Å². The molecule has 7 atom stereocenters. The topological polar surface area (TPSA) is 26.3 Å². The molecule has 0 heterocycles. The summed E-state index contributed by atoms with van der Waals surface area (Å²) in [6.07, 6.45) is 11.7. The van der Waals surface area contributed by atoms with Crippen LogP contribution in [0.15, 0.2) is 24.3 Å². The lowest BCUT2D eigenvalue weighted by Gasteiger charge is -2.36. The number of allylic oxidation sites excluding steroid dienone is 2. The SMILES string of the molecule is C=C(C)C(=O)OCCCC1CC2CC1C1C3C=CC(C3)C21. The van der Waals surface area contributed by atoms with Crippen molar-refractivity contribution in [2.75, 3.05) is 6.61 Å². The summed E-state index contributed by atoms with van der Waals surface area (Å²) in [4.78, 5) is 11.4. The van der Waals surface area contributed by atoms with Crippen LogP contribution < -0.4 is 0 Å². The molecule has 2 nitrogen and oxygen atoms in total. The standard InChI is InChI=1S/C19H26O2/c1-11(2)19(20)21-7-3-4-12-8-15-10-16(12)18-14-6-5-13(9-14)17(15)18/h5-6,12-18H,1,3-4,7-10H2,2H3. The van der Waals surface area contributed by atoms with E-state index in [2.05, 4.69) is 18.7 Å². The minimum absolute atomic E-state index is 0.235. The van der Waals surface area contributed by atoms with E-state index in [1.54, 1.807) is 6.92 Å². The van der Waals surface area contributed by atoms with Crippen molar-refractivity contribution in [1.29, 1.82) is 0 Å². The van der Waals surface area contributed by atoms with Crippen LogP contribution in [0.4, 0.5) is 0 Å². The number of carbonyl (C=O) groups is 1. The second-order valence-corrected chi connectivity index (χ2v) is 7.82. The quantitative estimate of drug-likeness (QED) is 0.251. The molecule has 4 aliphatic rings. The summed E-state index contributed by atoms with van der Waals surface area (Å²) in [5.74, 6) is 6.49. The van der Waals surface area contributed by atoms with E-state index in [1.165, 1.54) is 25.7 Å². The lowest BCUT2D eigenvalue weighted by atomic mass is 9.68. The summed E-state index contributed by atoms with van der Waals surface area (Å²) in [6, 6.07) is 0. The van der Waals surface area contributed by atoms with Crippen LogP contribution in [0.2, 0.25) is 0 Å². The molecule has 3 saturated carbocycles. The van der Waals surface area contributed by atoms with Crippen molar-refractivity contribution in [3.8, 4) is 0 Å². The Hall–Kier alpha value is -1.05. The zero-order chi connectivity index (χ0) is 14.6. The molecule has 7 unspecified atom stereocenters. The first kappa shape index (κ1) is 13.6. The number of rotatable bonds is 5. The maximum atomic E-state index is 11.4. The van der Waals surface area contributed by atoms with Gasteiger partial charge in [-0.25, -0.2) is 4.79 Å². The third-order valence-corrected chi connectivity index (χ3v) is 6.71. The van der Waals surface area contributed by atoms with Crippen LogP contribution in [0.1, 0.15) is 39.0 Å². The number of fused-ring (bicyclic) bond motifs is 9. The molecule has 0 aromatic heterocycles. The highest BCUT2D eigenvalue weighted by atomic mass is 16.5. The number of hydrogen-bond donors (Lipinski definition) is 0. The van der Waals surface area contributed by atoms with Gasteiger partial charge in [-0.3, -0.25) is 0 Å². The first-order valence-electron chi connectivity index (χ1n) is 8.66. The molecule has 0 aromatic carbocycles. The van der Waals surface area contributed by atoms with Gasteiger partial charge in [-0.2, -0.15) is 0 Å². The highest BCUT2D eigenvalue weighted by Gasteiger charge is 2.60. The van der Waals surface area contributed by atoms with Crippen molar-refractivity contribution in [3.05, 3.63) is 24.3 Å². The number of ether oxygens (including phenoxy) is 1. The van der Waals surface area contributed by atoms with Gasteiger partial charge in [0.15, 0.2) is 0 Å². The van der Waals surface area contributed by atoms with E-state index >= 15 is 0 Å². The van der Waals surface area contributed by atoms with E-state index in [9.17, 15) is 4.79 Å². The first-order chi connectivity index (χ1) is 10.1. The monoisotopic (exact) mass is 286 g/mol. The van der Waals surface area contributed by atoms with Crippen LogP contribution in [-0.4, -0.2) is 12.6 Å². The van der Waals surface area contributed by atoms with Crippen molar-refractivity contribution in [2.24, 2.45) is 41.4 Å². The van der Waals surface area contributed by atoms with E-state index in [4.69, 9.17) is 4.74 Å². The van der Waals surface area contributed by atoms with Gasteiger partial charge in [0.1, 0.15) is 0 Å². The van der Waals surface area contributed by atoms with Gasteiger partial charge in [0.25, 0.3) is 0 Å². The van der Waals surface area contributed by atoms with E-state index in [-0.39, 0.29) is 5.97 Å². The van der Waals surface area contributed by atoms with E-state index in [0.29, 0.717) is 12.2 Å². The Morgan fingerprint density at radius 3 is 2.71 bits per heavy atom. The third-order valence-electron chi connectivity index (χ3n) is 6.71. The lowest BCUT2D eigenvalue weighted by molar-refractivity contribution is -0.139. The summed E-state index contributed by atoms with van der Waals surface area (Å²) in [6.45, 7) is 5.90. The highest BCUT2D eigenvalue weighted by Crippen LogP contribution is 2.67. The van der Waals surface area contributed by atoms with E-state index in [0.717, 1.165) is 47.8 Å². The van der Waals surface area contributed by atoms with E-state index in [1.807, 2.05) is 0 Å². The summed E-state index contributed by atoms with van der Waals surface area (Å²) < 4.78 is 5.23. The van der Waals surface area contributed by atoms with Crippen molar-refractivity contribution >= 4 is 5.97 Å². The first-order valence-corrected chi connectivity index (χ1v) is 8.66. The Morgan fingerprint density at radius 1 is 1.19 bits per heavy atom. The smallest absolute Gasteiger partial charge is 0.333 e. The second kappa shape index (κ2) is 5.00. The third kappa shape index (κ3) is 2.10. The summed E-state index contributed by atoms with van der Waals surface area (Å²) in [5.41, 5.74) is 0.506. The summed E-state index contributed by atoms with van der Waals surface area (Å²) in [5, 5.41) is 0. The predicted molar refractivity (Wildman–Crippen MR) is 82.4 cm³/mol. The molecular weight excluding hydrogens is 260 g/mol. The summed E-state index contributed by atoms with van der Waals surface area (Å²) >= 11 is 0. The zero-order valence-electron chi connectivity index (χ0n) is 13.0. The lowest BCUT2D eigenvalue weighted by Crippen LogP contribution is -2.31. The molecular formula is C19H26O2. The largest absolute Gasteiger partial charge is 0.462 e. The molecule has 114 valence electrons. The number of hydrogen-bond acceptors (Lipinski definition) is 2. The van der Waals surface area contributed by atoms with Crippen LogP contribution in [0.25, 0.3) is 0 Å². The minimum Gasteiger partial charge on any atom is -0.462 e. The Balaban J connectivity index is 1.28. The molecule has 0 radical (unpaired) electrons. The van der Waals surface area contributed by atoms with Gasteiger partial charge >= 0.3 is 5.97 Å². The average Bonchev–Trinajstić information content (AvgIpc) is 3.19. The average molecular weight is 286 g/mol. The molecule has 4 bridgehead atoms. The van der Waals surface area contributed by atoms with Crippen LogP contribution in [0, 0.1) is 41.4 Å². The van der Waals surface area contributed by atoms with Gasteiger partial charge in [0, 0.05) is 5.57 Å². The Bertz CT molecular complexity index is 492. The Labute approximate surface area is 127 Å². The van der Waals surface area contributed by atoms with Crippen LogP contribution in [0.5, 0.6) is 0 Å². The second-order valence-electron chi connectivity index (χ2n) is 7.82. The van der Waals surface area contributed by atoms with Crippen molar-refractivity contribution in [3.63, 3.8) is 0 Å². The van der Waals surface area contributed by atoms with Crippen LogP contribution >= 0.6 is 0 Å². The molecule has 3 fully saturated rings. The molecule has 0 spiro atoms. The van der Waals surface area contributed by atoms with Crippen LogP contribution in [-0.2, 0) is 9.53 Å². The minimum atomic E-state index is -0.235. The zero-order valence-corrected chi connectivity index (χ0v) is 13.0. The van der Waals surface area contributed by atoms with Gasteiger partial charge in [0.2, 0.25) is 0 Å². The molecule has 4 rings (SSSR count). The predicted octanol–water partition coefficient (Wildman–Crippen LogP) is 3.98. The molecule has 0 aromatic rings. The van der Waals surface area contributed by atoms with Crippen LogP contribution in [0.3, 0.4) is 0 Å². The molecule has 0 amide bonds. The number of esters is 1. The number of carbonyl (C=O) groups excluding carboxylic acids is 1. The summed E-state index contributed by atoms with van der Waals surface area (Å²) in [7, 11) is 0. The highest BCUT2D eigenvalue weighted by molar-refractivity contribution is 5.86. The van der Waals surface area contributed by atoms with Gasteiger partial charge in [-0.15, -0.1) is 0 Å². The fraction of sp³-hybridized carbons (Fsp3) is 0.737.